The molecule has 6 heterocycles. The SMILES string of the molecule is Cc1ccc2c(c1)nc(N1CCNCC1)c1nccn12.Cc1ccc2nc(N3CCNCC3)c3nccn3c2c1.Cl.Cl. The van der Waals surface area contributed by atoms with Gasteiger partial charge in [-0.05, 0) is 49.2 Å². The molecule has 2 aliphatic rings. The average molecular weight is 608 g/mol. The van der Waals surface area contributed by atoms with Crippen LogP contribution in [-0.2, 0) is 0 Å². The number of piperazine rings is 2. The zero-order valence-electron chi connectivity index (χ0n) is 23.8. The number of benzene rings is 2. The van der Waals surface area contributed by atoms with Gasteiger partial charge in [0.15, 0.2) is 22.9 Å². The van der Waals surface area contributed by atoms with E-state index in [9.17, 15) is 0 Å². The molecule has 2 aromatic carbocycles. The number of hydrogen-bond acceptors (Lipinski definition) is 8. The van der Waals surface area contributed by atoms with Crippen molar-refractivity contribution in [1.29, 1.82) is 0 Å². The Balaban J connectivity index is 0.000000160. The number of aromatic nitrogens is 6. The minimum absolute atomic E-state index is 0. The van der Waals surface area contributed by atoms with Crippen molar-refractivity contribution in [2.45, 2.75) is 13.8 Å². The number of halogens is 2. The van der Waals surface area contributed by atoms with E-state index in [1.54, 1.807) is 0 Å². The number of rotatable bonds is 2. The van der Waals surface area contributed by atoms with Gasteiger partial charge in [-0.3, -0.25) is 8.80 Å². The van der Waals surface area contributed by atoms with Crippen LogP contribution < -0.4 is 20.4 Å². The third-order valence-electron chi connectivity index (χ3n) is 7.75. The van der Waals surface area contributed by atoms with Crippen LogP contribution in [0, 0.1) is 13.8 Å². The first-order chi connectivity index (χ1) is 19.7. The van der Waals surface area contributed by atoms with Crippen molar-refractivity contribution in [2.24, 2.45) is 0 Å². The van der Waals surface area contributed by atoms with Gasteiger partial charge in [0.1, 0.15) is 0 Å². The molecule has 0 unspecified atom stereocenters. The molecule has 2 N–H and O–H groups in total. The minimum atomic E-state index is 0. The molecule has 6 aromatic rings. The molecule has 8 rings (SSSR count). The predicted molar refractivity (Wildman–Crippen MR) is 175 cm³/mol. The molecule has 0 amide bonds. The molecule has 0 spiro atoms. The van der Waals surface area contributed by atoms with E-state index in [1.807, 2.05) is 24.8 Å². The van der Waals surface area contributed by atoms with E-state index in [2.05, 4.69) is 89.4 Å². The van der Waals surface area contributed by atoms with Gasteiger partial charge in [0.05, 0.1) is 22.1 Å². The molecule has 2 saturated heterocycles. The maximum absolute atomic E-state index is 4.87. The molecule has 2 aliphatic heterocycles. The van der Waals surface area contributed by atoms with Crippen molar-refractivity contribution in [3.63, 3.8) is 0 Å². The molecule has 220 valence electrons. The summed E-state index contributed by atoms with van der Waals surface area (Å²) in [5.74, 6) is 1.99. The third kappa shape index (κ3) is 5.55. The lowest BCUT2D eigenvalue weighted by Gasteiger charge is -2.28. The minimum Gasteiger partial charge on any atom is -0.351 e. The van der Waals surface area contributed by atoms with E-state index in [4.69, 9.17) is 9.97 Å². The molecule has 10 nitrogen and oxygen atoms in total. The van der Waals surface area contributed by atoms with E-state index in [0.29, 0.717) is 0 Å². The van der Waals surface area contributed by atoms with Crippen molar-refractivity contribution in [3.8, 4) is 0 Å². The Labute approximate surface area is 257 Å². The van der Waals surface area contributed by atoms with Crippen molar-refractivity contribution in [2.75, 3.05) is 62.2 Å². The second-order valence-electron chi connectivity index (χ2n) is 10.6. The standard InChI is InChI=1S/2C15H17N5.2ClH/c1-11-2-3-13-12(10-11)18-15(14-17-6-9-20(13)14)19-7-4-16-5-8-19;1-11-2-3-12-13(10-11)20-9-6-17-14(20)15(18-12)19-7-4-16-5-8-19;;/h2*2-3,6,9-10,16H,4-5,7-8H2,1H3;2*1H. The first-order valence-electron chi connectivity index (χ1n) is 14.0. The summed E-state index contributed by atoms with van der Waals surface area (Å²) in [7, 11) is 0. The van der Waals surface area contributed by atoms with Crippen LogP contribution in [0.5, 0.6) is 0 Å². The highest BCUT2D eigenvalue weighted by atomic mass is 35.5. The summed E-state index contributed by atoms with van der Waals surface area (Å²) in [6, 6.07) is 12.7. The maximum atomic E-state index is 4.87. The van der Waals surface area contributed by atoms with Gasteiger partial charge in [-0.2, -0.15) is 0 Å². The fourth-order valence-electron chi connectivity index (χ4n) is 5.68. The summed E-state index contributed by atoms with van der Waals surface area (Å²) in [5.41, 5.74) is 8.66. The van der Waals surface area contributed by atoms with E-state index in [-0.39, 0.29) is 24.8 Å². The highest BCUT2D eigenvalue weighted by molar-refractivity contribution is 5.86. The molecule has 42 heavy (non-hydrogen) atoms. The van der Waals surface area contributed by atoms with Gasteiger partial charge in [0.25, 0.3) is 0 Å². The van der Waals surface area contributed by atoms with Crippen LogP contribution in [0.1, 0.15) is 11.1 Å². The van der Waals surface area contributed by atoms with Gasteiger partial charge in [-0.25, -0.2) is 19.9 Å². The normalized spacial score (nSPS) is 15.4. The van der Waals surface area contributed by atoms with Crippen LogP contribution in [0.3, 0.4) is 0 Å². The van der Waals surface area contributed by atoms with E-state index >= 15 is 0 Å². The fourth-order valence-corrected chi connectivity index (χ4v) is 5.68. The van der Waals surface area contributed by atoms with E-state index in [1.165, 1.54) is 11.1 Å². The Kier molecular flexibility index (Phi) is 8.98. The zero-order chi connectivity index (χ0) is 27.1. The Morgan fingerprint density at radius 2 is 1.10 bits per heavy atom. The summed E-state index contributed by atoms with van der Waals surface area (Å²) in [6.45, 7) is 12.1. The number of imidazole rings is 2. The molecule has 12 heteroatoms. The summed E-state index contributed by atoms with van der Waals surface area (Å²) in [4.78, 5) is 23.4. The Morgan fingerprint density at radius 1 is 0.595 bits per heavy atom. The molecule has 0 atom stereocenters. The third-order valence-corrected chi connectivity index (χ3v) is 7.75. The second kappa shape index (κ2) is 12.7. The predicted octanol–water partition coefficient (Wildman–Crippen LogP) is 4.04. The van der Waals surface area contributed by atoms with Crippen molar-refractivity contribution in [3.05, 3.63) is 72.3 Å². The van der Waals surface area contributed by atoms with Gasteiger partial charge in [-0.15, -0.1) is 24.8 Å². The largest absolute Gasteiger partial charge is 0.351 e. The fraction of sp³-hybridized carbons (Fsp3) is 0.333. The van der Waals surface area contributed by atoms with Gasteiger partial charge in [0.2, 0.25) is 0 Å². The molecule has 0 radical (unpaired) electrons. The summed E-state index contributed by atoms with van der Waals surface area (Å²) in [6.07, 6.45) is 7.73. The first kappa shape index (κ1) is 29.8. The maximum Gasteiger partial charge on any atom is 0.180 e. The van der Waals surface area contributed by atoms with E-state index < -0.39 is 0 Å². The molecule has 0 bridgehead atoms. The first-order valence-corrected chi connectivity index (χ1v) is 14.0. The number of hydrogen-bond donors (Lipinski definition) is 2. The monoisotopic (exact) mass is 606 g/mol. The lowest BCUT2D eigenvalue weighted by Crippen LogP contribution is -2.44. The summed E-state index contributed by atoms with van der Waals surface area (Å²) in [5, 5.41) is 6.75. The van der Waals surface area contributed by atoms with Gasteiger partial charge >= 0.3 is 0 Å². The van der Waals surface area contributed by atoms with Gasteiger partial charge in [-0.1, -0.05) is 12.1 Å². The Bertz CT molecular complexity index is 1820. The zero-order valence-corrected chi connectivity index (χ0v) is 25.5. The van der Waals surface area contributed by atoms with Gasteiger partial charge in [0, 0.05) is 77.1 Å². The Hall–Kier alpha value is -3.70. The number of anilines is 2. The van der Waals surface area contributed by atoms with Crippen molar-refractivity contribution in [1.82, 2.24) is 39.4 Å². The highest BCUT2D eigenvalue weighted by Gasteiger charge is 2.19. The van der Waals surface area contributed by atoms with Crippen LogP contribution in [0.25, 0.3) is 33.4 Å². The molecule has 2 fully saturated rings. The topological polar surface area (TPSA) is 90.9 Å². The van der Waals surface area contributed by atoms with Crippen LogP contribution in [0.2, 0.25) is 0 Å². The van der Waals surface area contributed by atoms with Crippen LogP contribution in [0.4, 0.5) is 11.6 Å². The number of nitrogens with zero attached hydrogens (tertiary/aromatic N) is 8. The number of aryl methyl sites for hydroxylation is 2. The average Bonchev–Trinajstić information content (AvgIpc) is 3.69. The summed E-state index contributed by atoms with van der Waals surface area (Å²) >= 11 is 0. The number of nitrogens with one attached hydrogen (secondary N) is 2. The number of fused-ring (bicyclic) bond motifs is 6. The van der Waals surface area contributed by atoms with Gasteiger partial charge < -0.3 is 20.4 Å². The molecule has 0 saturated carbocycles. The lowest BCUT2D eigenvalue weighted by atomic mass is 10.2. The van der Waals surface area contributed by atoms with Crippen molar-refractivity contribution < 1.29 is 0 Å². The second-order valence-corrected chi connectivity index (χ2v) is 10.6. The van der Waals surface area contributed by atoms with Crippen LogP contribution in [0.15, 0.2) is 61.2 Å². The van der Waals surface area contributed by atoms with Crippen LogP contribution >= 0.6 is 24.8 Å². The highest BCUT2D eigenvalue weighted by Crippen LogP contribution is 2.26. The summed E-state index contributed by atoms with van der Waals surface area (Å²) < 4.78 is 4.28. The quantitative estimate of drug-likeness (QED) is 0.305. The molecular formula is C30H36Cl2N10. The van der Waals surface area contributed by atoms with Crippen LogP contribution in [-0.4, -0.2) is 81.1 Å². The molecule has 0 aliphatic carbocycles. The molecular weight excluding hydrogens is 571 g/mol. The van der Waals surface area contributed by atoms with Crippen molar-refractivity contribution >= 4 is 69.8 Å². The van der Waals surface area contributed by atoms with E-state index in [0.717, 1.165) is 97.4 Å². The Morgan fingerprint density at radius 3 is 1.69 bits per heavy atom. The smallest absolute Gasteiger partial charge is 0.180 e. The molecule has 4 aromatic heterocycles. The lowest BCUT2D eigenvalue weighted by molar-refractivity contribution is 0.586.